The minimum absolute atomic E-state index is 0.135. The Morgan fingerprint density at radius 2 is 2.19 bits per heavy atom. The number of rotatable bonds is 3. The highest BCUT2D eigenvalue weighted by atomic mass is 16.2. The van der Waals surface area contributed by atoms with Crippen LogP contribution in [0.25, 0.3) is 11.4 Å². The van der Waals surface area contributed by atoms with Crippen molar-refractivity contribution in [1.82, 2.24) is 15.2 Å². The second-order valence-corrected chi connectivity index (χ2v) is 6.19. The van der Waals surface area contributed by atoms with Gasteiger partial charge in [0.05, 0.1) is 17.6 Å². The molecule has 5 heteroatoms. The average molecular weight is 282 g/mol. The third-order valence-corrected chi connectivity index (χ3v) is 4.92. The molecule has 0 aromatic carbocycles. The van der Waals surface area contributed by atoms with Crippen molar-refractivity contribution in [3.05, 3.63) is 30.6 Å². The van der Waals surface area contributed by atoms with Gasteiger partial charge in [-0.05, 0) is 36.8 Å². The number of pyridine rings is 1. The summed E-state index contributed by atoms with van der Waals surface area (Å²) in [7, 11) is 0. The van der Waals surface area contributed by atoms with Gasteiger partial charge < -0.3 is 5.32 Å². The van der Waals surface area contributed by atoms with Gasteiger partial charge in [0.1, 0.15) is 5.69 Å². The zero-order valence-electron chi connectivity index (χ0n) is 11.8. The summed E-state index contributed by atoms with van der Waals surface area (Å²) in [5.74, 6) is 0.321. The van der Waals surface area contributed by atoms with Gasteiger partial charge in [-0.2, -0.15) is 5.10 Å². The van der Waals surface area contributed by atoms with Gasteiger partial charge in [0.25, 0.3) is 0 Å². The number of hydrogen-bond acceptors (Lipinski definition) is 3. The van der Waals surface area contributed by atoms with Crippen LogP contribution >= 0.6 is 0 Å². The monoisotopic (exact) mass is 282 g/mol. The molecule has 0 bridgehead atoms. The number of nitrogens with zero attached hydrogens (tertiary/aromatic N) is 2. The van der Waals surface area contributed by atoms with Crippen molar-refractivity contribution in [2.45, 2.75) is 32.1 Å². The van der Waals surface area contributed by atoms with E-state index < -0.39 is 0 Å². The van der Waals surface area contributed by atoms with E-state index in [4.69, 9.17) is 0 Å². The maximum absolute atomic E-state index is 12.4. The number of hydrogen-bond donors (Lipinski definition) is 2. The predicted molar refractivity (Wildman–Crippen MR) is 79.5 cm³/mol. The number of nitrogens with one attached hydrogen (secondary N) is 2. The Kier molecular flexibility index (Phi) is 2.80. The molecular formula is C16H18N4O. The van der Waals surface area contributed by atoms with Crippen molar-refractivity contribution in [3.63, 3.8) is 0 Å². The number of H-pyrrole nitrogens is 1. The summed E-state index contributed by atoms with van der Waals surface area (Å²) in [6.07, 6.45) is 9.41. The molecule has 2 heterocycles. The molecule has 5 nitrogen and oxygen atoms in total. The van der Waals surface area contributed by atoms with E-state index in [0.717, 1.165) is 23.5 Å². The summed E-state index contributed by atoms with van der Waals surface area (Å²) in [5.41, 5.74) is 2.60. The van der Waals surface area contributed by atoms with Crippen LogP contribution in [-0.4, -0.2) is 21.1 Å². The van der Waals surface area contributed by atoms with Crippen LogP contribution in [0.5, 0.6) is 0 Å². The van der Waals surface area contributed by atoms with Crippen LogP contribution in [0.3, 0.4) is 0 Å². The van der Waals surface area contributed by atoms with Gasteiger partial charge in [-0.15, -0.1) is 0 Å². The molecule has 2 saturated carbocycles. The van der Waals surface area contributed by atoms with Gasteiger partial charge in [0.15, 0.2) is 0 Å². The van der Waals surface area contributed by atoms with Crippen LogP contribution in [-0.2, 0) is 4.79 Å². The molecule has 2 aliphatic rings. The Morgan fingerprint density at radius 3 is 2.95 bits per heavy atom. The van der Waals surface area contributed by atoms with E-state index in [1.54, 1.807) is 12.4 Å². The van der Waals surface area contributed by atoms with Crippen LogP contribution in [0.1, 0.15) is 32.1 Å². The molecule has 2 aromatic heterocycles. The maximum Gasteiger partial charge on any atom is 0.228 e. The van der Waals surface area contributed by atoms with Crippen molar-refractivity contribution in [2.24, 2.45) is 11.3 Å². The molecular weight excluding hydrogens is 264 g/mol. The summed E-state index contributed by atoms with van der Waals surface area (Å²) >= 11 is 0. The fourth-order valence-electron chi connectivity index (χ4n) is 3.66. The van der Waals surface area contributed by atoms with Gasteiger partial charge >= 0.3 is 0 Å². The van der Waals surface area contributed by atoms with Crippen molar-refractivity contribution < 1.29 is 4.79 Å². The molecule has 2 N–H and O–H groups in total. The Labute approximate surface area is 123 Å². The highest BCUT2D eigenvalue weighted by Gasteiger charge is 2.58. The predicted octanol–water partition coefficient (Wildman–Crippen LogP) is 2.99. The number of amides is 1. The van der Waals surface area contributed by atoms with E-state index in [0.29, 0.717) is 5.41 Å². The number of carbonyl (C=O) groups is 1. The van der Waals surface area contributed by atoms with Gasteiger partial charge in [-0.25, -0.2) is 0 Å². The second-order valence-electron chi connectivity index (χ2n) is 6.19. The summed E-state index contributed by atoms with van der Waals surface area (Å²) in [4.78, 5) is 16.7. The van der Waals surface area contributed by atoms with Crippen LogP contribution in [0.4, 0.5) is 5.69 Å². The first-order valence-electron chi connectivity index (χ1n) is 7.54. The van der Waals surface area contributed by atoms with E-state index >= 15 is 0 Å². The minimum Gasteiger partial charge on any atom is -0.323 e. The highest BCUT2D eigenvalue weighted by molar-refractivity contribution is 5.97. The third kappa shape index (κ3) is 2.13. The Balaban J connectivity index is 1.51. The molecule has 2 aromatic rings. The molecule has 2 fully saturated rings. The molecule has 1 atom stereocenters. The molecule has 0 radical (unpaired) electrons. The van der Waals surface area contributed by atoms with Gasteiger partial charge in [-0.1, -0.05) is 18.9 Å². The molecule has 4 rings (SSSR count). The Morgan fingerprint density at radius 1 is 1.33 bits per heavy atom. The molecule has 1 amide bonds. The van der Waals surface area contributed by atoms with Crippen molar-refractivity contribution in [1.29, 1.82) is 0 Å². The first-order valence-corrected chi connectivity index (χ1v) is 7.54. The van der Waals surface area contributed by atoms with Crippen LogP contribution in [0.15, 0.2) is 30.6 Å². The van der Waals surface area contributed by atoms with Crippen LogP contribution in [0, 0.1) is 11.3 Å². The van der Waals surface area contributed by atoms with Crippen molar-refractivity contribution >= 4 is 11.6 Å². The minimum atomic E-state index is 0.135. The molecule has 108 valence electrons. The second kappa shape index (κ2) is 4.69. The summed E-state index contributed by atoms with van der Waals surface area (Å²) in [5, 5.41) is 9.99. The van der Waals surface area contributed by atoms with E-state index in [2.05, 4.69) is 20.5 Å². The number of aromatic nitrogens is 3. The third-order valence-electron chi connectivity index (χ3n) is 4.92. The topological polar surface area (TPSA) is 70.7 Å². The van der Waals surface area contributed by atoms with Gasteiger partial charge in [-0.3, -0.25) is 14.9 Å². The molecule has 21 heavy (non-hydrogen) atoms. The number of carbonyl (C=O) groups excluding carboxylic acids is 1. The lowest BCUT2D eigenvalue weighted by Gasteiger charge is -2.09. The Hall–Kier alpha value is -2.17. The van der Waals surface area contributed by atoms with Crippen LogP contribution in [0.2, 0.25) is 0 Å². The normalized spacial score (nSPS) is 22.4. The zero-order valence-corrected chi connectivity index (χ0v) is 11.8. The van der Waals surface area contributed by atoms with Crippen molar-refractivity contribution in [3.8, 4) is 11.4 Å². The smallest absolute Gasteiger partial charge is 0.228 e. The molecule has 0 saturated heterocycles. The van der Waals surface area contributed by atoms with E-state index in [-0.39, 0.29) is 11.8 Å². The van der Waals surface area contributed by atoms with E-state index in [1.165, 1.54) is 25.7 Å². The standard InChI is InChI=1S/C16H18N4O/c21-15(11-9-16(11)6-2-3-7-16)19-13-10-18-20-14(13)12-5-1-4-8-17-12/h1,4-5,8,10-11H,2-3,6-7,9H2,(H,18,20)(H,19,21). The lowest BCUT2D eigenvalue weighted by Crippen LogP contribution is -2.17. The largest absolute Gasteiger partial charge is 0.323 e. The zero-order chi connectivity index (χ0) is 14.3. The SMILES string of the molecule is O=C(Nc1cn[nH]c1-c1ccccn1)C1CC12CCCC2. The Bertz CT molecular complexity index is 658. The maximum atomic E-state index is 12.4. The molecule has 1 spiro atoms. The lowest BCUT2D eigenvalue weighted by molar-refractivity contribution is -0.118. The molecule has 2 aliphatic carbocycles. The summed E-state index contributed by atoms with van der Waals surface area (Å²) in [6.45, 7) is 0. The lowest BCUT2D eigenvalue weighted by atomic mass is 10.0. The average Bonchev–Trinajstić information content (AvgIpc) is 2.85. The molecule has 0 aliphatic heterocycles. The summed E-state index contributed by atoms with van der Waals surface area (Å²) < 4.78 is 0. The molecule has 1 unspecified atom stereocenters. The fourth-order valence-corrected chi connectivity index (χ4v) is 3.66. The van der Waals surface area contributed by atoms with E-state index in [1.807, 2.05) is 18.2 Å². The highest BCUT2D eigenvalue weighted by Crippen LogP contribution is 2.63. The number of anilines is 1. The first kappa shape index (κ1) is 12.6. The van der Waals surface area contributed by atoms with E-state index in [9.17, 15) is 4.79 Å². The first-order chi connectivity index (χ1) is 10.3. The quantitative estimate of drug-likeness (QED) is 0.909. The van der Waals surface area contributed by atoms with Gasteiger partial charge in [0, 0.05) is 12.1 Å². The summed E-state index contributed by atoms with van der Waals surface area (Å²) in [6, 6.07) is 5.69. The number of aromatic amines is 1. The van der Waals surface area contributed by atoms with Gasteiger partial charge in [0.2, 0.25) is 5.91 Å². The fraction of sp³-hybridized carbons (Fsp3) is 0.438. The van der Waals surface area contributed by atoms with Crippen LogP contribution < -0.4 is 5.32 Å². The van der Waals surface area contributed by atoms with Crippen molar-refractivity contribution in [2.75, 3.05) is 5.32 Å².